The first kappa shape index (κ1) is 18.7. The Kier molecular flexibility index (Phi) is 5.03. The lowest BCUT2D eigenvalue weighted by Gasteiger charge is -2.18. The summed E-state index contributed by atoms with van der Waals surface area (Å²) in [5.74, 6) is 0.265. The molecule has 0 saturated carbocycles. The van der Waals surface area contributed by atoms with Gasteiger partial charge in [-0.05, 0) is 42.7 Å². The molecule has 1 amide bonds. The predicted octanol–water partition coefficient (Wildman–Crippen LogP) is 3.09. The number of hydrogen-bond acceptors (Lipinski definition) is 5. The number of carbonyl (C=O) groups excluding carboxylic acids is 1. The minimum atomic E-state index is -0.484. The summed E-state index contributed by atoms with van der Waals surface area (Å²) >= 11 is 0. The normalized spacial score (nSPS) is 15.2. The van der Waals surface area contributed by atoms with Crippen molar-refractivity contribution in [2.24, 2.45) is 0 Å². The highest BCUT2D eigenvalue weighted by atomic mass is 16.5. The van der Waals surface area contributed by atoms with Crippen molar-refractivity contribution in [3.05, 3.63) is 82.0 Å². The van der Waals surface area contributed by atoms with Crippen LogP contribution in [0.4, 0.5) is 0 Å². The van der Waals surface area contributed by atoms with E-state index < -0.39 is 11.3 Å². The number of para-hydroxylation sites is 1. The summed E-state index contributed by atoms with van der Waals surface area (Å²) in [6.45, 7) is 0.853. The highest BCUT2D eigenvalue weighted by Crippen LogP contribution is 2.22. The van der Waals surface area contributed by atoms with Gasteiger partial charge in [-0.3, -0.25) is 14.3 Å². The van der Waals surface area contributed by atoms with Crippen molar-refractivity contribution in [3.8, 4) is 5.75 Å². The molecule has 0 aliphatic carbocycles. The van der Waals surface area contributed by atoms with Crippen LogP contribution in [-0.2, 0) is 6.54 Å². The first-order valence-electron chi connectivity index (χ1n) is 9.40. The van der Waals surface area contributed by atoms with E-state index in [2.05, 4.69) is 5.10 Å². The molecule has 2 aromatic carbocycles. The van der Waals surface area contributed by atoms with Crippen molar-refractivity contribution in [1.29, 1.82) is 0 Å². The van der Waals surface area contributed by atoms with Crippen molar-refractivity contribution in [2.75, 3.05) is 13.7 Å². The zero-order valence-corrected chi connectivity index (χ0v) is 16.0. The molecule has 4 rings (SSSR count). The van der Waals surface area contributed by atoms with E-state index in [0.717, 1.165) is 24.0 Å². The number of hydrogen-bond donors (Lipinski definition) is 1. The Labute approximate surface area is 167 Å². The van der Waals surface area contributed by atoms with Gasteiger partial charge < -0.3 is 14.7 Å². The molecule has 1 saturated heterocycles. The molecule has 2 heterocycles. The maximum Gasteiger partial charge on any atom is 0.282 e. The number of nitrogens with zero attached hydrogens (tertiary/aromatic N) is 3. The third-order valence-corrected chi connectivity index (χ3v) is 5.11. The number of allylic oxidation sites excluding steroid dienone is 1. The summed E-state index contributed by atoms with van der Waals surface area (Å²) in [6, 6.07) is 14.7. The van der Waals surface area contributed by atoms with Crippen molar-refractivity contribution < 1.29 is 14.6 Å². The molecule has 29 heavy (non-hydrogen) atoms. The fourth-order valence-corrected chi connectivity index (χ4v) is 3.59. The molecular formula is C22H21N3O4. The second-order valence-electron chi connectivity index (χ2n) is 6.88. The third-order valence-electron chi connectivity index (χ3n) is 5.11. The van der Waals surface area contributed by atoms with Crippen LogP contribution >= 0.6 is 0 Å². The minimum Gasteiger partial charge on any atom is -0.514 e. The molecule has 1 aromatic heterocycles. The summed E-state index contributed by atoms with van der Waals surface area (Å²) in [5, 5.41) is 14.3. The van der Waals surface area contributed by atoms with E-state index in [1.165, 1.54) is 4.90 Å². The van der Waals surface area contributed by atoms with E-state index in [0.29, 0.717) is 36.1 Å². The summed E-state index contributed by atoms with van der Waals surface area (Å²) in [7, 11) is 1.61. The number of amides is 1. The van der Waals surface area contributed by atoms with Crippen LogP contribution in [0.1, 0.15) is 28.9 Å². The van der Waals surface area contributed by atoms with Crippen molar-refractivity contribution in [3.63, 3.8) is 0 Å². The van der Waals surface area contributed by atoms with Gasteiger partial charge in [0.1, 0.15) is 5.75 Å². The first-order chi connectivity index (χ1) is 14.1. The second-order valence-corrected chi connectivity index (χ2v) is 6.88. The Morgan fingerprint density at radius 2 is 1.97 bits per heavy atom. The monoisotopic (exact) mass is 391 g/mol. The van der Waals surface area contributed by atoms with Crippen LogP contribution in [0.5, 0.6) is 5.75 Å². The quantitative estimate of drug-likeness (QED) is 0.691. The number of likely N-dealkylation sites (tertiary alicyclic amines) is 1. The maximum atomic E-state index is 13.1. The van der Waals surface area contributed by atoms with Crippen LogP contribution in [0.15, 0.2) is 65.3 Å². The van der Waals surface area contributed by atoms with Crippen LogP contribution in [0.2, 0.25) is 0 Å². The molecule has 1 fully saturated rings. The zero-order chi connectivity index (χ0) is 20.4. The number of benzene rings is 2. The van der Waals surface area contributed by atoms with Gasteiger partial charge in [-0.25, -0.2) is 0 Å². The molecule has 1 aliphatic heterocycles. The standard InChI is InChI=1S/C22H21N3O4/c1-29-17-10-8-15(9-11-17)13-25-19-7-3-2-6-18(19)21(27)20(23-25)22(28)24-12-4-5-16(24)14-26/h2-3,6-11,14,26H,4-5,12-13H2,1H3/b16-14+. The summed E-state index contributed by atoms with van der Waals surface area (Å²) in [6.07, 6.45) is 2.27. The van der Waals surface area contributed by atoms with Crippen LogP contribution < -0.4 is 10.2 Å². The molecule has 0 unspecified atom stereocenters. The van der Waals surface area contributed by atoms with Crippen LogP contribution in [0.3, 0.4) is 0 Å². The van der Waals surface area contributed by atoms with E-state index >= 15 is 0 Å². The number of aromatic nitrogens is 2. The van der Waals surface area contributed by atoms with Crippen molar-refractivity contribution >= 4 is 16.8 Å². The SMILES string of the molecule is COc1ccc(Cn2nc(C(=O)N3CCC/C3=C\O)c(=O)c3ccccc32)cc1. The van der Waals surface area contributed by atoms with Crippen LogP contribution in [-0.4, -0.2) is 39.3 Å². The van der Waals surface area contributed by atoms with Gasteiger partial charge in [-0.15, -0.1) is 0 Å². The molecule has 7 heteroatoms. The van der Waals surface area contributed by atoms with E-state index in [1.807, 2.05) is 36.4 Å². The average molecular weight is 391 g/mol. The number of ether oxygens (including phenoxy) is 1. The zero-order valence-electron chi connectivity index (χ0n) is 16.0. The van der Waals surface area contributed by atoms with Crippen LogP contribution in [0.25, 0.3) is 10.9 Å². The van der Waals surface area contributed by atoms with Gasteiger partial charge in [0.2, 0.25) is 5.43 Å². The van der Waals surface area contributed by atoms with Crippen molar-refractivity contribution in [2.45, 2.75) is 19.4 Å². The number of fused-ring (bicyclic) bond motifs is 1. The van der Waals surface area contributed by atoms with Gasteiger partial charge in [0.25, 0.3) is 5.91 Å². The molecule has 1 aliphatic rings. The Hall–Kier alpha value is -3.61. The first-order valence-corrected chi connectivity index (χ1v) is 9.40. The predicted molar refractivity (Wildman–Crippen MR) is 109 cm³/mol. The summed E-state index contributed by atoms with van der Waals surface area (Å²) < 4.78 is 6.86. The molecule has 0 bridgehead atoms. The highest BCUT2D eigenvalue weighted by Gasteiger charge is 2.28. The Bertz CT molecular complexity index is 1150. The smallest absolute Gasteiger partial charge is 0.282 e. The molecule has 0 spiro atoms. The summed E-state index contributed by atoms with van der Waals surface area (Å²) in [5.41, 5.74) is 1.58. The molecule has 1 N–H and O–H groups in total. The second kappa shape index (κ2) is 7.79. The molecule has 0 atom stereocenters. The number of aliphatic hydroxyl groups is 1. The molecule has 7 nitrogen and oxygen atoms in total. The maximum absolute atomic E-state index is 13.1. The van der Waals surface area contributed by atoms with Crippen LogP contribution in [0, 0.1) is 0 Å². The van der Waals surface area contributed by atoms with E-state index in [1.54, 1.807) is 23.9 Å². The van der Waals surface area contributed by atoms with Gasteiger partial charge >= 0.3 is 0 Å². The number of carbonyl (C=O) groups is 1. The lowest BCUT2D eigenvalue weighted by molar-refractivity contribution is 0.0812. The Morgan fingerprint density at radius 1 is 1.21 bits per heavy atom. The van der Waals surface area contributed by atoms with Gasteiger partial charge in [-0.1, -0.05) is 24.3 Å². The Morgan fingerprint density at radius 3 is 2.69 bits per heavy atom. The van der Waals surface area contributed by atoms with Gasteiger partial charge in [0, 0.05) is 11.9 Å². The van der Waals surface area contributed by atoms with E-state index in [-0.39, 0.29) is 5.69 Å². The molecule has 148 valence electrons. The van der Waals surface area contributed by atoms with Gasteiger partial charge in [0.15, 0.2) is 5.69 Å². The summed E-state index contributed by atoms with van der Waals surface area (Å²) in [4.78, 5) is 27.5. The fraction of sp³-hybridized carbons (Fsp3) is 0.227. The van der Waals surface area contributed by atoms with Gasteiger partial charge in [0.05, 0.1) is 31.1 Å². The average Bonchev–Trinajstić information content (AvgIpc) is 3.25. The van der Waals surface area contributed by atoms with E-state index in [4.69, 9.17) is 4.74 Å². The number of rotatable bonds is 4. The highest BCUT2D eigenvalue weighted by molar-refractivity contribution is 5.96. The number of aliphatic hydroxyl groups excluding tert-OH is 1. The minimum absolute atomic E-state index is 0.140. The molecule has 3 aromatic rings. The lowest BCUT2D eigenvalue weighted by Crippen LogP contribution is -2.33. The lowest BCUT2D eigenvalue weighted by atomic mass is 10.1. The number of methoxy groups -OCH3 is 1. The van der Waals surface area contributed by atoms with Crippen molar-refractivity contribution in [1.82, 2.24) is 14.7 Å². The van der Waals surface area contributed by atoms with Gasteiger partial charge in [-0.2, -0.15) is 5.10 Å². The third kappa shape index (κ3) is 3.47. The molecular weight excluding hydrogens is 370 g/mol. The largest absolute Gasteiger partial charge is 0.514 e. The Balaban J connectivity index is 1.80. The molecule has 0 radical (unpaired) electrons. The topological polar surface area (TPSA) is 84.7 Å². The fourth-order valence-electron chi connectivity index (χ4n) is 3.59. The van der Waals surface area contributed by atoms with E-state index in [9.17, 15) is 14.7 Å².